The maximum Gasteiger partial charge on any atom is 0.0583 e. The number of aryl methyl sites for hydroxylation is 1. The van der Waals surface area contributed by atoms with Crippen molar-refractivity contribution in [3.8, 4) is 0 Å². The number of rotatable bonds is 6. The molecule has 0 saturated carbocycles. The summed E-state index contributed by atoms with van der Waals surface area (Å²) in [5.74, 6) is 1.10. The summed E-state index contributed by atoms with van der Waals surface area (Å²) in [6.45, 7) is 3.25. The molecule has 4 heteroatoms. The molecule has 0 aromatic carbocycles. The molecule has 1 heterocycles. The van der Waals surface area contributed by atoms with Crippen molar-refractivity contribution in [2.75, 3.05) is 18.6 Å². The highest BCUT2D eigenvalue weighted by Gasteiger charge is 2.12. The Morgan fingerprint density at radius 3 is 2.93 bits per heavy atom. The first-order valence-corrected chi connectivity index (χ1v) is 6.39. The first-order chi connectivity index (χ1) is 6.79. The Bertz CT molecular complexity index is 260. The SMILES string of the molecule is CCCNC(CSC)c1ccnn1C. The van der Waals surface area contributed by atoms with Gasteiger partial charge in [-0.25, -0.2) is 0 Å². The Morgan fingerprint density at radius 1 is 1.64 bits per heavy atom. The maximum atomic E-state index is 4.20. The fraction of sp³-hybridized carbons (Fsp3) is 0.700. The van der Waals surface area contributed by atoms with E-state index < -0.39 is 0 Å². The van der Waals surface area contributed by atoms with Gasteiger partial charge in [0.2, 0.25) is 0 Å². The molecule has 80 valence electrons. The van der Waals surface area contributed by atoms with Crippen molar-refractivity contribution in [3.05, 3.63) is 18.0 Å². The van der Waals surface area contributed by atoms with Gasteiger partial charge in [-0.1, -0.05) is 6.92 Å². The number of aromatic nitrogens is 2. The largest absolute Gasteiger partial charge is 0.308 e. The lowest BCUT2D eigenvalue weighted by Gasteiger charge is -2.17. The van der Waals surface area contributed by atoms with E-state index in [0.717, 1.165) is 12.3 Å². The summed E-state index contributed by atoms with van der Waals surface area (Å²) in [6.07, 6.45) is 5.16. The van der Waals surface area contributed by atoms with Gasteiger partial charge in [0, 0.05) is 19.0 Å². The zero-order valence-corrected chi connectivity index (χ0v) is 9.97. The number of thioether (sulfide) groups is 1. The smallest absolute Gasteiger partial charge is 0.0583 e. The fourth-order valence-electron chi connectivity index (χ4n) is 1.46. The molecular weight excluding hydrogens is 194 g/mol. The minimum absolute atomic E-state index is 0.428. The van der Waals surface area contributed by atoms with Crippen LogP contribution in [0.2, 0.25) is 0 Å². The van der Waals surface area contributed by atoms with Crippen molar-refractivity contribution in [1.82, 2.24) is 15.1 Å². The Morgan fingerprint density at radius 2 is 2.43 bits per heavy atom. The van der Waals surface area contributed by atoms with E-state index in [4.69, 9.17) is 0 Å². The molecule has 0 saturated heterocycles. The van der Waals surface area contributed by atoms with Gasteiger partial charge >= 0.3 is 0 Å². The van der Waals surface area contributed by atoms with Crippen molar-refractivity contribution in [2.45, 2.75) is 19.4 Å². The van der Waals surface area contributed by atoms with Crippen LogP contribution in [-0.2, 0) is 7.05 Å². The lowest BCUT2D eigenvalue weighted by Crippen LogP contribution is -2.26. The van der Waals surface area contributed by atoms with Gasteiger partial charge in [0.05, 0.1) is 11.7 Å². The maximum absolute atomic E-state index is 4.20. The molecule has 1 unspecified atom stereocenters. The fourth-order valence-corrected chi connectivity index (χ4v) is 2.08. The molecule has 1 rings (SSSR count). The molecule has 0 aliphatic rings. The van der Waals surface area contributed by atoms with E-state index in [-0.39, 0.29) is 0 Å². The van der Waals surface area contributed by atoms with Gasteiger partial charge in [0.15, 0.2) is 0 Å². The molecule has 1 aromatic rings. The summed E-state index contributed by atoms with van der Waals surface area (Å²) < 4.78 is 1.95. The molecule has 0 amide bonds. The first-order valence-electron chi connectivity index (χ1n) is 4.99. The molecule has 3 nitrogen and oxygen atoms in total. The van der Waals surface area contributed by atoms with Gasteiger partial charge in [-0.05, 0) is 25.3 Å². The summed E-state index contributed by atoms with van der Waals surface area (Å²) in [5.41, 5.74) is 1.27. The third-order valence-corrected chi connectivity index (χ3v) is 2.86. The average Bonchev–Trinajstić information content (AvgIpc) is 2.59. The highest BCUT2D eigenvalue weighted by Crippen LogP contribution is 2.15. The predicted octanol–water partition coefficient (Wildman–Crippen LogP) is 1.82. The normalized spacial score (nSPS) is 13.1. The lowest BCUT2D eigenvalue weighted by atomic mass is 10.2. The van der Waals surface area contributed by atoms with Crippen LogP contribution in [0.15, 0.2) is 12.3 Å². The minimum Gasteiger partial charge on any atom is -0.308 e. The Labute approximate surface area is 90.3 Å². The average molecular weight is 213 g/mol. The molecule has 0 aliphatic heterocycles. The molecule has 0 aliphatic carbocycles. The quantitative estimate of drug-likeness (QED) is 0.782. The van der Waals surface area contributed by atoms with Crippen LogP contribution in [0.4, 0.5) is 0 Å². The molecule has 1 aromatic heterocycles. The summed E-state index contributed by atoms with van der Waals surface area (Å²) in [6, 6.07) is 2.52. The monoisotopic (exact) mass is 213 g/mol. The second-order valence-electron chi connectivity index (χ2n) is 3.34. The van der Waals surface area contributed by atoms with Gasteiger partial charge in [0.1, 0.15) is 0 Å². The molecule has 0 radical (unpaired) electrons. The third-order valence-electron chi connectivity index (χ3n) is 2.19. The number of nitrogens with one attached hydrogen (secondary N) is 1. The van der Waals surface area contributed by atoms with Crippen molar-refractivity contribution in [2.24, 2.45) is 7.05 Å². The van der Waals surface area contributed by atoms with Crippen LogP contribution in [0.3, 0.4) is 0 Å². The van der Waals surface area contributed by atoms with E-state index in [1.165, 1.54) is 12.1 Å². The number of hydrogen-bond donors (Lipinski definition) is 1. The minimum atomic E-state index is 0.428. The van der Waals surface area contributed by atoms with Crippen LogP contribution in [-0.4, -0.2) is 28.3 Å². The molecule has 0 spiro atoms. The number of nitrogens with zero attached hydrogens (tertiary/aromatic N) is 2. The zero-order valence-electron chi connectivity index (χ0n) is 9.16. The predicted molar refractivity (Wildman–Crippen MR) is 62.6 cm³/mol. The molecule has 1 atom stereocenters. The lowest BCUT2D eigenvalue weighted by molar-refractivity contribution is 0.535. The molecule has 14 heavy (non-hydrogen) atoms. The Balaban J connectivity index is 2.62. The van der Waals surface area contributed by atoms with Gasteiger partial charge in [-0.15, -0.1) is 0 Å². The van der Waals surface area contributed by atoms with Crippen molar-refractivity contribution >= 4 is 11.8 Å². The molecule has 1 N–H and O–H groups in total. The summed E-state index contributed by atoms with van der Waals surface area (Å²) in [5, 5.41) is 7.73. The van der Waals surface area contributed by atoms with Crippen molar-refractivity contribution < 1.29 is 0 Å². The van der Waals surface area contributed by atoms with Gasteiger partial charge in [-0.3, -0.25) is 4.68 Å². The summed E-state index contributed by atoms with van der Waals surface area (Å²) in [4.78, 5) is 0. The van der Waals surface area contributed by atoms with Gasteiger partial charge in [-0.2, -0.15) is 16.9 Å². The van der Waals surface area contributed by atoms with Crippen LogP contribution in [0.5, 0.6) is 0 Å². The standard InChI is InChI=1S/C10H19N3S/c1-4-6-11-9(8-14-3)10-5-7-12-13(10)2/h5,7,9,11H,4,6,8H2,1-3H3. The van der Waals surface area contributed by atoms with Crippen LogP contribution in [0, 0.1) is 0 Å². The molecule has 0 bridgehead atoms. The number of hydrogen-bond acceptors (Lipinski definition) is 3. The summed E-state index contributed by atoms with van der Waals surface area (Å²) in [7, 11) is 2.00. The second kappa shape index (κ2) is 6.09. The zero-order chi connectivity index (χ0) is 10.4. The van der Waals surface area contributed by atoms with E-state index in [9.17, 15) is 0 Å². The van der Waals surface area contributed by atoms with E-state index in [2.05, 4.69) is 29.7 Å². The van der Waals surface area contributed by atoms with E-state index >= 15 is 0 Å². The van der Waals surface area contributed by atoms with Crippen LogP contribution >= 0.6 is 11.8 Å². The molecular formula is C10H19N3S. The van der Waals surface area contributed by atoms with Gasteiger partial charge < -0.3 is 5.32 Å². The third kappa shape index (κ3) is 3.03. The Hall–Kier alpha value is -0.480. The van der Waals surface area contributed by atoms with E-state index in [1.54, 1.807) is 0 Å². The van der Waals surface area contributed by atoms with Crippen molar-refractivity contribution in [1.29, 1.82) is 0 Å². The second-order valence-corrected chi connectivity index (χ2v) is 4.25. The first kappa shape index (κ1) is 11.6. The van der Waals surface area contributed by atoms with E-state index in [1.807, 2.05) is 29.7 Å². The van der Waals surface area contributed by atoms with Crippen LogP contribution in [0.1, 0.15) is 25.1 Å². The molecule has 0 fully saturated rings. The van der Waals surface area contributed by atoms with Gasteiger partial charge in [0.25, 0.3) is 0 Å². The van der Waals surface area contributed by atoms with E-state index in [0.29, 0.717) is 6.04 Å². The topological polar surface area (TPSA) is 29.9 Å². The Kier molecular flexibility index (Phi) is 5.04. The highest BCUT2D eigenvalue weighted by molar-refractivity contribution is 7.98. The highest BCUT2D eigenvalue weighted by atomic mass is 32.2. The van der Waals surface area contributed by atoms with Crippen molar-refractivity contribution in [3.63, 3.8) is 0 Å². The summed E-state index contributed by atoms with van der Waals surface area (Å²) >= 11 is 1.86. The van der Waals surface area contributed by atoms with Crippen LogP contribution < -0.4 is 5.32 Å². The van der Waals surface area contributed by atoms with Crippen LogP contribution in [0.25, 0.3) is 0 Å².